The van der Waals surface area contributed by atoms with Gasteiger partial charge in [-0.1, -0.05) is 0 Å². The topological polar surface area (TPSA) is 97.2 Å². The second kappa shape index (κ2) is 12.7. The van der Waals surface area contributed by atoms with Crippen molar-refractivity contribution in [1.29, 1.82) is 0 Å². The van der Waals surface area contributed by atoms with Crippen molar-refractivity contribution in [1.82, 2.24) is 19.6 Å². The number of anilines is 1. The maximum atomic E-state index is 13.5. The van der Waals surface area contributed by atoms with Gasteiger partial charge in [0, 0.05) is 0 Å². The summed E-state index contributed by atoms with van der Waals surface area (Å²) in [5.74, 6) is 2.04. The summed E-state index contributed by atoms with van der Waals surface area (Å²) in [4.78, 5) is 45.9. The van der Waals surface area contributed by atoms with E-state index in [4.69, 9.17) is 15.9 Å². The van der Waals surface area contributed by atoms with E-state index in [-0.39, 0.29) is 30.2 Å². The van der Waals surface area contributed by atoms with Crippen molar-refractivity contribution in [2.75, 3.05) is 51.8 Å². The standard InChI is InChI=1S/C30H32AsN5O5/c1-4-18-41-30(39)36-25-20-35(29(38)26(40-3)21-8-6-5-7-9-21)19-24(25)27(32-36)31-28(37)22-10-12-23(13-11-22)34-16-14-33(2)15-17-34/h1,5-13,26,31H,14-20H2,2-3H3/t26-/m1/s1. The van der Waals surface area contributed by atoms with Crippen LogP contribution in [0.25, 0.3) is 0 Å². The van der Waals surface area contributed by atoms with Gasteiger partial charge in [-0.3, -0.25) is 0 Å². The van der Waals surface area contributed by atoms with Gasteiger partial charge in [-0.2, -0.15) is 0 Å². The van der Waals surface area contributed by atoms with Crippen LogP contribution in [0.2, 0.25) is 0 Å². The molecule has 11 heteroatoms. The average molecular weight is 618 g/mol. The summed E-state index contributed by atoms with van der Waals surface area (Å²) in [6, 6.07) is 16.9. The number of carbonyl (C=O) groups excluding carboxylic acids is 3. The molecule has 1 unspecified atom stereocenters. The van der Waals surface area contributed by atoms with Crippen LogP contribution in [0.5, 0.6) is 0 Å². The predicted octanol–water partition coefficient (Wildman–Crippen LogP) is 1.38. The summed E-state index contributed by atoms with van der Waals surface area (Å²) in [7, 11) is 3.60. The van der Waals surface area contributed by atoms with Gasteiger partial charge >= 0.3 is 246 Å². The number of fused-ring (bicyclic) bond motifs is 1. The van der Waals surface area contributed by atoms with E-state index in [1.807, 2.05) is 54.6 Å². The minimum atomic E-state index is -1.45. The molecule has 0 aliphatic carbocycles. The molecule has 5 rings (SSSR count). The molecule has 2 atom stereocenters. The molecule has 1 saturated heterocycles. The van der Waals surface area contributed by atoms with Crippen LogP contribution in [0.3, 0.4) is 0 Å². The Labute approximate surface area is 245 Å². The third kappa shape index (κ3) is 6.23. The first kappa shape index (κ1) is 28.6. The van der Waals surface area contributed by atoms with Crippen LogP contribution in [0.4, 0.5) is 10.5 Å². The molecule has 41 heavy (non-hydrogen) atoms. The summed E-state index contributed by atoms with van der Waals surface area (Å²) in [6.45, 7) is 4.04. The number of likely N-dealkylation sites (N-methyl/N-ethyl adjacent to an activating group) is 1. The van der Waals surface area contributed by atoms with Crippen molar-refractivity contribution >= 4 is 42.5 Å². The van der Waals surface area contributed by atoms with E-state index < -0.39 is 27.9 Å². The van der Waals surface area contributed by atoms with Gasteiger partial charge in [-0.25, -0.2) is 0 Å². The SMILES string of the molecule is C#CCOC(=O)n1nc([AsH]C(=O)c2ccc(N3CCN(C)CC3)cc2)c2c1CN(C(=O)[C@H](OC)c1ccccc1)C2. The Morgan fingerprint density at radius 3 is 2.39 bits per heavy atom. The molecule has 3 aromatic rings. The number of ether oxygens (including phenoxy) is 2. The molecule has 0 spiro atoms. The van der Waals surface area contributed by atoms with E-state index >= 15 is 0 Å². The van der Waals surface area contributed by atoms with Crippen LogP contribution in [0.1, 0.15) is 33.3 Å². The molecule has 0 radical (unpaired) electrons. The second-order valence-corrected chi connectivity index (χ2v) is 12.4. The Balaban J connectivity index is 1.36. The van der Waals surface area contributed by atoms with Crippen molar-refractivity contribution in [2.24, 2.45) is 0 Å². The van der Waals surface area contributed by atoms with Gasteiger partial charge in [0.25, 0.3) is 0 Å². The molecule has 2 aromatic carbocycles. The molecule has 212 valence electrons. The van der Waals surface area contributed by atoms with E-state index in [0.717, 1.165) is 42.1 Å². The molecule has 10 nitrogen and oxygen atoms in total. The molecule has 2 aliphatic heterocycles. The van der Waals surface area contributed by atoms with Gasteiger partial charge in [-0.05, 0) is 0 Å². The molecule has 3 heterocycles. The number of methoxy groups -OCH3 is 1. The fraction of sp³-hybridized carbons (Fsp3) is 0.333. The Kier molecular flexibility index (Phi) is 8.89. The number of terminal acetylenes is 1. The molecule has 2 aliphatic rings. The van der Waals surface area contributed by atoms with Gasteiger partial charge in [-0.15, -0.1) is 0 Å². The summed E-state index contributed by atoms with van der Waals surface area (Å²) in [6.07, 6.45) is 3.73. The zero-order valence-electron chi connectivity index (χ0n) is 23.1. The number of amides is 1. The molecule has 1 amide bonds. The number of carbonyl (C=O) groups is 3. The van der Waals surface area contributed by atoms with E-state index in [2.05, 4.69) is 27.9 Å². The zero-order chi connectivity index (χ0) is 28.9. The number of nitrogens with zero attached hydrogens (tertiary/aromatic N) is 5. The van der Waals surface area contributed by atoms with Gasteiger partial charge < -0.3 is 0 Å². The van der Waals surface area contributed by atoms with Crippen LogP contribution in [0.15, 0.2) is 54.6 Å². The average Bonchev–Trinajstić information content (AvgIpc) is 3.58. The third-order valence-electron chi connectivity index (χ3n) is 7.34. The van der Waals surface area contributed by atoms with Gasteiger partial charge in [0.2, 0.25) is 0 Å². The van der Waals surface area contributed by atoms with Crippen molar-refractivity contribution < 1.29 is 23.9 Å². The van der Waals surface area contributed by atoms with Crippen molar-refractivity contribution in [2.45, 2.75) is 19.2 Å². The molecule has 0 saturated carbocycles. The van der Waals surface area contributed by atoms with E-state index in [9.17, 15) is 14.4 Å². The van der Waals surface area contributed by atoms with Crippen molar-refractivity contribution in [3.63, 3.8) is 0 Å². The Morgan fingerprint density at radius 2 is 1.73 bits per heavy atom. The quantitative estimate of drug-likeness (QED) is 0.277. The second-order valence-electron chi connectivity index (χ2n) is 9.96. The number of hydrogen-bond acceptors (Lipinski definition) is 8. The Bertz CT molecular complexity index is 1460. The van der Waals surface area contributed by atoms with Crippen LogP contribution in [-0.2, 0) is 27.4 Å². The fourth-order valence-electron chi connectivity index (χ4n) is 5.05. The van der Waals surface area contributed by atoms with Crippen molar-refractivity contribution in [3.05, 3.63) is 77.0 Å². The van der Waals surface area contributed by atoms with E-state index in [0.29, 0.717) is 21.3 Å². The normalized spacial score (nSPS) is 16.0. The number of hydrogen-bond donors (Lipinski definition) is 0. The van der Waals surface area contributed by atoms with Crippen LogP contribution in [0, 0.1) is 12.3 Å². The summed E-state index contributed by atoms with van der Waals surface area (Å²) in [5.41, 5.74) is 3.67. The molecular weight excluding hydrogens is 585 g/mol. The molecule has 0 bridgehead atoms. The predicted molar refractivity (Wildman–Crippen MR) is 156 cm³/mol. The summed E-state index contributed by atoms with van der Waals surface area (Å²) in [5, 5.41) is 4.49. The van der Waals surface area contributed by atoms with Gasteiger partial charge in [0.15, 0.2) is 0 Å². The third-order valence-corrected chi connectivity index (χ3v) is 9.76. The van der Waals surface area contributed by atoms with E-state index in [1.54, 1.807) is 4.90 Å². The van der Waals surface area contributed by atoms with Crippen molar-refractivity contribution in [3.8, 4) is 12.3 Å². The van der Waals surface area contributed by atoms with Gasteiger partial charge in [0.05, 0.1) is 0 Å². The number of piperazine rings is 1. The Hall–Kier alpha value is -3.90. The molecule has 0 N–H and O–H groups in total. The van der Waals surface area contributed by atoms with Crippen LogP contribution < -0.4 is 9.38 Å². The Morgan fingerprint density at radius 1 is 1.02 bits per heavy atom. The number of aromatic nitrogens is 2. The first-order chi connectivity index (χ1) is 19.9. The van der Waals surface area contributed by atoms with E-state index in [1.165, 1.54) is 7.11 Å². The number of benzene rings is 2. The summed E-state index contributed by atoms with van der Waals surface area (Å²) < 4.78 is 12.4. The maximum absolute atomic E-state index is 13.5. The first-order valence-corrected chi connectivity index (χ1v) is 15.4. The number of rotatable bonds is 8. The van der Waals surface area contributed by atoms with Crippen LogP contribution >= 0.6 is 0 Å². The minimum absolute atomic E-state index is 0.0109. The molecule has 1 fully saturated rings. The molecular formula is C30H32AsN5O5. The summed E-state index contributed by atoms with van der Waals surface area (Å²) >= 11 is -1.45. The molecule has 1 aromatic heterocycles. The fourth-order valence-corrected chi connectivity index (χ4v) is 7.26. The zero-order valence-corrected chi connectivity index (χ0v) is 25.2. The van der Waals surface area contributed by atoms with Crippen LogP contribution in [-0.4, -0.2) is 98.8 Å². The van der Waals surface area contributed by atoms with Gasteiger partial charge in [0.1, 0.15) is 0 Å². The monoisotopic (exact) mass is 617 g/mol. The first-order valence-electron chi connectivity index (χ1n) is 13.3.